The van der Waals surface area contributed by atoms with E-state index in [1.807, 2.05) is 24.1 Å². The maximum absolute atomic E-state index is 11.5. The Morgan fingerprint density at radius 1 is 1.53 bits per heavy atom. The Morgan fingerprint density at radius 3 is 2.89 bits per heavy atom. The van der Waals surface area contributed by atoms with Gasteiger partial charge in [0.1, 0.15) is 5.65 Å². The molecule has 1 atom stereocenters. The Hall–Kier alpha value is -2.04. The monoisotopic (exact) mass is 261 g/mol. The van der Waals surface area contributed by atoms with Crippen LogP contribution in [0.25, 0.3) is 5.65 Å². The molecule has 5 heteroatoms. The highest BCUT2D eigenvalue weighted by Gasteiger charge is 2.21. The van der Waals surface area contributed by atoms with Crippen LogP contribution >= 0.6 is 0 Å². The lowest BCUT2D eigenvalue weighted by molar-refractivity contribution is 0.0690. The van der Waals surface area contributed by atoms with E-state index in [4.69, 9.17) is 0 Å². The molecule has 2 aromatic rings. The summed E-state index contributed by atoms with van der Waals surface area (Å²) >= 11 is 0. The van der Waals surface area contributed by atoms with Crippen molar-refractivity contribution in [1.29, 1.82) is 0 Å². The molecule has 1 N–H and O–H groups in total. The molecule has 0 saturated heterocycles. The number of hydrogen-bond acceptors (Lipinski definition) is 3. The summed E-state index contributed by atoms with van der Waals surface area (Å²) in [5, 5.41) is 9.41. The number of carboxylic acid groups (broad SMARTS) is 1. The van der Waals surface area contributed by atoms with Crippen molar-refractivity contribution >= 4 is 17.4 Å². The fourth-order valence-corrected chi connectivity index (χ4v) is 2.13. The number of carbonyl (C=O) groups is 1. The van der Waals surface area contributed by atoms with Crippen LogP contribution in [0, 0.1) is 5.92 Å². The summed E-state index contributed by atoms with van der Waals surface area (Å²) in [5.41, 5.74) is 0.882. The number of fused-ring (bicyclic) bond motifs is 1. The van der Waals surface area contributed by atoms with Crippen molar-refractivity contribution in [3.63, 3.8) is 0 Å². The molecule has 5 nitrogen and oxygen atoms in total. The smallest absolute Gasteiger partial charge is 0.356 e. The van der Waals surface area contributed by atoms with Crippen molar-refractivity contribution in [3.8, 4) is 0 Å². The van der Waals surface area contributed by atoms with Gasteiger partial charge in [-0.2, -0.15) is 0 Å². The minimum absolute atomic E-state index is 0.224. The molecule has 0 saturated carbocycles. The summed E-state index contributed by atoms with van der Waals surface area (Å²) in [6.07, 6.45) is 2.78. The van der Waals surface area contributed by atoms with Gasteiger partial charge in [-0.15, -0.1) is 0 Å². The standard InChI is InChI=1S/C14H19N3O2/c1-4-10(2)9-16(3)13-12(14(18)19)17-8-6-5-7-11(17)15-13/h5-8,10H,4,9H2,1-3H3,(H,18,19). The lowest BCUT2D eigenvalue weighted by atomic mass is 10.1. The summed E-state index contributed by atoms with van der Waals surface area (Å²) in [6, 6.07) is 5.47. The van der Waals surface area contributed by atoms with E-state index in [0.29, 0.717) is 17.4 Å². The number of pyridine rings is 1. The molecule has 2 rings (SSSR count). The van der Waals surface area contributed by atoms with Crippen molar-refractivity contribution in [2.45, 2.75) is 20.3 Å². The van der Waals surface area contributed by atoms with E-state index in [-0.39, 0.29) is 5.69 Å². The molecule has 0 amide bonds. The number of aromatic carboxylic acids is 1. The number of rotatable bonds is 5. The van der Waals surface area contributed by atoms with Gasteiger partial charge in [0.2, 0.25) is 0 Å². The van der Waals surface area contributed by atoms with Gasteiger partial charge in [-0.05, 0) is 18.1 Å². The van der Waals surface area contributed by atoms with E-state index in [2.05, 4.69) is 18.8 Å². The average Bonchev–Trinajstić information content (AvgIpc) is 2.77. The van der Waals surface area contributed by atoms with Crippen LogP contribution in [0.1, 0.15) is 30.8 Å². The molecule has 0 aromatic carbocycles. The summed E-state index contributed by atoms with van der Waals surface area (Å²) in [7, 11) is 1.89. The van der Waals surface area contributed by atoms with Crippen LogP contribution in [0.3, 0.4) is 0 Å². The van der Waals surface area contributed by atoms with Crippen molar-refractivity contribution < 1.29 is 9.90 Å². The molecule has 2 aromatic heterocycles. The lowest BCUT2D eigenvalue weighted by Gasteiger charge is -2.20. The molecule has 0 spiro atoms. The first-order valence-electron chi connectivity index (χ1n) is 6.46. The number of hydrogen-bond donors (Lipinski definition) is 1. The van der Waals surface area contributed by atoms with Crippen molar-refractivity contribution in [1.82, 2.24) is 9.38 Å². The first-order chi connectivity index (χ1) is 9.04. The van der Waals surface area contributed by atoms with Gasteiger partial charge in [0.05, 0.1) is 0 Å². The number of carboxylic acids is 1. The summed E-state index contributed by atoms with van der Waals surface area (Å²) in [4.78, 5) is 17.8. The molecule has 0 radical (unpaired) electrons. The quantitative estimate of drug-likeness (QED) is 0.898. The highest BCUT2D eigenvalue weighted by molar-refractivity contribution is 5.93. The summed E-state index contributed by atoms with van der Waals surface area (Å²) < 4.78 is 1.62. The third-order valence-electron chi connectivity index (χ3n) is 3.36. The molecule has 0 aliphatic rings. The molecular weight excluding hydrogens is 242 g/mol. The Bertz CT molecular complexity index is 591. The predicted octanol–water partition coefficient (Wildman–Crippen LogP) is 2.51. The van der Waals surface area contributed by atoms with Crippen molar-refractivity contribution in [2.75, 3.05) is 18.5 Å². The highest BCUT2D eigenvalue weighted by atomic mass is 16.4. The van der Waals surface area contributed by atoms with E-state index in [1.54, 1.807) is 16.7 Å². The highest BCUT2D eigenvalue weighted by Crippen LogP contribution is 2.22. The Morgan fingerprint density at radius 2 is 2.26 bits per heavy atom. The van der Waals surface area contributed by atoms with Crippen LogP contribution in [0.5, 0.6) is 0 Å². The Kier molecular flexibility index (Phi) is 3.74. The van der Waals surface area contributed by atoms with Gasteiger partial charge < -0.3 is 10.0 Å². The number of nitrogens with zero attached hydrogens (tertiary/aromatic N) is 3. The van der Waals surface area contributed by atoms with Crippen LogP contribution < -0.4 is 4.90 Å². The van der Waals surface area contributed by atoms with Crippen LogP contribution in [0.2, 0.25) is 0 Å². The Labute approximate surface area is 112 Å². The number of aromatic nitrogens is 2. The first kappa shape index (κ1) is 13.4. The van der Waals surface area contributed by atoms with Gasteiger partial charge in [-0.3, -0.25) is 4.40 Å². The van der Waals surface area contributed by atoms with Crippen molar-refractivity contribution in [3.05, 3.63) is 30.1 Å². The van der Waals surface area contributed by atoms with Gasteiger partial charge in [0.25, 0.3) is 0 Å². The molecule has 0 fully saturated rings. The zero-order valence-corrected chi connectivity index (χ0v) is 11.5. The van der Waals surface area contributed by atoms with E-state index in [0.717, 1.165) is 13.0 Å². The second-order valence-corrected chi connectivity index (χ2v) is 4.91. The van der Waals surface area contributed by atoms with Crippen molar-refractivity contribution in [2.24, 2.45) is 5.92 Å². The normalized spacial score (nSPS) is 12.6. The molecular formula is C14H19N3O2. The fourth-order valence-electron chi connectivity index (χ4n) is 2.13. The van der Waals surface area contributed by atoms with E-state index in [1.165, 1.54) is 0 Å². The summed E-state index contributed by atoms with van der Waals surface area (Å²) in [5.74, 6) is 0.0696. The maximum atomic E-state index is 11.5. The molecule has 0 aliphatic heterocycles. The second-order valence-electron chi connectivity index (χ2n) is 4.91. The summed E-state index contributed by atoms with van der Waals surface area (Å²) in [6.45, 7) is 5.06. The molecule has 102 valence electrons. The van der Waals surface area contributed by atoms with E-state index < -0.39 is 5.97 Å². The molecule has 19 heavy (non-hydrogen) atoms. The molecule has 0 aliphatic carbocycles. The zero-order chi connectivity index (χ0) is 14.0. The average molecular weight is 261 g/mol. The first-order valence-corrected chi connectivity index (χ1v) is 6.46. The lowest BCUT2D eigenvalue weighted by Crippen LogP contribution is -2.25. The largest absolute Gasteiger partial charge is 0.476 e. The van der Waals surface area contributed by atoms with Gasteiger partial charge in [-0.25, -0.2) is 9.78 Å². The van der Waals surface area contributed by atoms with Gasteiger partial charge in [-0.1, -0.05) is 26.3 Å². The molecule has 1 unspecified atom stereocenters. The second kappa shape index (κ2) is 5.30. The zero-order valence-electron chi connectivity index (χ0n) is 11.5. The van der Waals surface area contributed by atoms with Gasteiger partial charge in [0, 0.05) is 19.8 Å². The minimum Gasteiger partial charge on any atom is -0.476 e. The van der Waals surface area contributed by atoms with Gasteiger partial charge >= 0.3 is 5.97 Å². The van der Waals surface area contributed by atoms with Crippen LogP contribution in [0.15, 0.2) is 24.4 Å². The van der Waals surface area contributed by atoms with Crippen LogP contribution in [0.4, 0.5) is 5.82 Å². The Balaban J connectivity index is 2.47. The third kappa shape index (κ3) is 2.54. The maximum Gasteiger partial charge on any atom is 0.356 e. The van der Waals surface area contributed by atoms with Crippen LogP contribution in [-0.4, -0.2) is 34.1 Å². The molecule has 0 bridgehead atoms. The predicted molar refractivity (Wildman–Crippen MR) is 74.9 cm³/mol. The van der Waals surface area contributed by atoms with Crippen LogP contribution in [-0.2, 0) is 0 Å². The number of imidazole rings is 1. The minimum atomic E-state index is -0.954. The third-order valence-corrected chi connectivity index (χ3v) is 3.36. The fraction of sp³-hybridized carbons (Fsp3) is 0.429. The van der Waals surface area contributed by atoms with Gasteiger partial charge in [0.15, 0.2) is 11.5 Å². The molecule has 2 heterocycles. The van der Waals surface area contributed by atoms with E-state index in [9.17, 15) is 9.90 Å². The SMILES string of the molecule is CCC(C)CN(C)c1nc2ccccn2c1C(=O)O. The topological polar surface area (TPSA) is 57.8 Å². The van der Waals surface area contributed by atoms with E-state index >= 15 is 0 Å². The number of anilines is 1.